The second-order valence-electron chi connectivity index (χ2n) is 10.2. The highest BCUT2D eigenvalue weighted by Crippen LogP contribution is 2.46. The van der Waals surface area contributed by atoms with Crippen LogP contribution in [-0.2, 0) is 9.53 Å². The molecular formula is C30H32FNO7. The van der Waals surface area contributed by atoms with Gasteiger partial charge in [0.1, 0.15) is 36.3 Å². The first kappa shape index (κ1) is 27.4. The van der Waals surface area contributed by atoms with E-state index in [0.717, 1.165) is 11.3 Å². The number of carbonyl (C=O) groups is 1. The van der Waals surface area contributed by atoms with E-state index in [-0.39, 0.29) is 17.8 Å². The van der Waals surface area contributed by atoms with Gasteiger partial charge in [0.15, 0.2) is 0 Å². The van der Waals surface area contributed by atoms with Gasteiger partial charge < -0.3 is 35.2 Å². The molecule has 206 valence electrons. The number of benzene rings is 3. The summed E-state index contributed by atoms with van der Waals surface area (Å²) in [4.78, 5) is 15.0. The second-order valence-corrected chi connectivity index (χ2v) is 10.2. The first-order chi connectivity index (χ1) is 18.8. The van der Waals surface area contributed by atoms with Gasteiger partial charge in [0.05, 0.1) is 24.7 Å². The van der Waals surface area contributed by atoms with Gasteiger partial charge in [-0.25, -0.2) is 4.39 Å². The summed E-state index contributed by atoms with van der Waals surface area (Å²) < 4.78 is 19.0. The van der Waals surface area contributed by atoms with Gasteiger partial charge in [-0.2, -0.15) is 0 Å². The van der Waals surface area contributed by atoms with Crippen LogP contribution >= 0.6 is 0 Å². The zero-order valence-corrected chi connectivity index (χ0v) is 21.1. The highest BCUT2D eigenvalue weighted by atomic mass is 19.1. The number of carbonyl (C=O) groups excluding carboxylic acids is 1. The Kier molecular flexibility index (Phi) is 8.08. The maximum absolute atomic E-state index is 13.3. The lowest BCUT2D eigenvalue weighted by Gasteiger charge is -2.48. The van der Waals surface area contributed by atoms with Crippen LogP contribution in [0.5, 0.6) is 0 Å². The topological polar surface area (TPSA) is 131 Å². The van der Waals surface area contributed by atoms with Gasteiger partial charge in [0.2, 0.25) is 5.91 Å². The van der Waals surface area contributed by atoms with Crippen LogP contribution in [0.25, 0.3) is 0 Å². The molecule has 2 fully saturated rings. The van der Waals surface area contributed by atoms with E-state index in [1.54, 1.807) is 17.0 Å². The van der Waals surface area contributed by atoms with Crippen molar-refractivity contribution in [3.63, 3.8) is 0 Å². The molecule has 0 aliphatic carbocycles. The lowest BCUT2D eigenvalue weighted by atomic mass is 9.78. The van der Waals surface area contributed by atoms with Crippen molar-refractivity contribution in [2.45, 2.75) is 55.5 Å². The molecule has 0 spiro atoms. The molecule has 9 heteroatoms. The van der Waals surface area contributed by atoms with Crippen LogP contribution < -0.4 is 4.90 Å². The van der Waals surface area contributed by atoms with E-state index in [1.807, 2.05) is 42.5 Å². The smallest absolute Gasteiger partial charge is 0.233 e. The van der Waals surface area contributed by atoms with E-state index in [0.29, 0.717) is 24.0 Å². The highest BCUT2D eigenvalue weighted by Gasteiger charge is 2.49. The van der Waals surface area contributed by atoms with Crippen molar-refractivity contribution in [2.75, 3.05) is 11.5 Å². The number of anilines is 1. The van der Waals surface area contributed by atoms with E-state index in [4.69, 9.17) is 4.74 Å². The number of nitrogens with zero attached hydrogens (tertiary/aromatic N) is 1. The van der Waals surface area contributed by atoms with Crippen molar-refractivity contribution in [3.8, 4) is 0 Å². The fourth-order valence-corrected chi connectivity index (χ4v) is 5.54. The third kappa shape index (κ3) is 5.34. The molecule has 2 aliphatic rings. The number of rotatable bonds is 8. The molecule has 0 saturated carbocycles. The Morgan fingerprint density at radius 2 is 1.49 bits per heavy atom. The van der Waals surface area contributed by atoms with Gasteiger partial charge in [-0.1, -0.05) is 54.6 Å². The van der Waals surface area contributed by atoms with Crippen LogP contribution in [0.1, 0.15) is 47.8 Å². The third-order valence-corrected chi connectivity index (χ3v) is 7.75. The molecule has 5 N–H and O–H groups in total. The average molecular weight is 538 g/mol. The molecule has 0 bridgehead atoms. The highest BCUT2D eigenvalue weighted by molar-refractivity contribution is 6.03. The van der Waals surface area contributed by atoms with Crippen molar-refractivity contribution >= 4 is 11.6 Å². The summed E-state index contributed by atoms with van der Waals surface area (Å²) in [6.07, 6.45) is -6.36. The number of halogens is 1. The van der Waals surface area contributed by atoms with Gasteiger partial charge in [-0.15, -0.1) is 0 Å². The first-order valence-corrected chi connectivity index (χ1v) is 13.0. The van der Waals surface area contributed by atoms with E-state index < -0.39 is 49.1 Å². The minimum absolute atomic E-state index is 0.0597. The Morgan fingerprint density at radius 1 is 0.846 bits per heavy atom. The predicted octanol–water partition coefficient (Wildman–Crippen LogP) is 2.56. The van der Waals surface area contributed by atoms with Crippen LogP contribution in [0.15, 0.2) is 78.9 Å². The monoisotopic (exact) mass is 537 g/mol. The van der Waals surface area contributed by atoms with Crippen molar-refractivity contribution in [3.05, 3.63) is 101 Å². The van der Waals surface area contributed by atoms with Crippen LogP contribution in [0, 0.1) is 11.7 Å². The maximum atomic E-state index is 13.3. The zero-order chi connectivity index (χ0) is 27.7. The maximum Gasteiger partial charge on any atom is 0.233 e. The molecule has 0 unspecified atom stereocenters. The number of aliphatic hydroxyl groups is 5. The molecule has 8 nitrogen and oxygen atoms in total. The second kappa shape index (κ2) is 11.5. The van der Waals surface area contributed by atoms with Crippen molar-refractivity contribution < 1.29 is 39.5 Å². The summed E-state index contributed by atoms with van der Waals surface area (Å²) in [6, 6.07) is 21.8. The fraction of sp³-hybridized carbons (Fsp3) is 0.367. The molecule has 3 aromatic rings. The summed E-state index contributed by atoms with van der Waals surface area (Å²) in [5.74, 6) is -0.834. The number of ether oxygens (including phenoxy) is 1. The fourth-order valence-electron chi connectivity index (χ4n) is 5.54. The molecular weight excluding hydrogens is 505 g/mol. The van der Waals surface area contributed by atoms with Crippen LogP contribution in [0.4, 0.5) is 10.1 Å². The normalized spacial score (nSPS) is 29.6. The number of amides is 1. The van der Waals surface area contributed by atoms with Gasteiger partial charge in [0, 0.05) is 5.69 Å². The predicted molar refractivity (Wildman–Crippen MR) is 140 cm³/mol. The van der Waals surface area contributed by atoms with E-state index in [9.17, 15) is 34.7 Å². The van der Waals surface area contributed by atoms with Gasteiger partial charge >= 0.3 is 0 Å². The summed E-state index contributed by atoms with van der Waals surface area (Å²) in [5.41, 5.74) is 2.73. The minimum atomic E-state index is -1.48. The molecule has 5 rings (SSSR count). The number of aliphatic hydroxyl groups excluding tert-OH is 5. The summed E-state index contributed by atoms with van der Waals surface area (Å²) in [5, 5.41) is 50.9. The van der Waals surface area contributed by atoms with E-state index in [2.05, 4.69) is 0 Å². The zero-order valence-electron chi connectivity index (χ0n) is 21.1. The Balaban J connectivity index is 1.37. The molecule has 39 heavy (non-hydrogen) atoms. The van der Waals surface area contributed by atoms with E-state index >= 15 is 0 Å². The minimum Gasteiger partial charge on any atom is -0.394 e. The molecule has 8 atom stereocenters. The molecule has 1 amide bonds. The molecule has 2 aliphatic heterocycles. The Morgan fingerprint density at radius 3 is 2.13 bits per heavy atom. The van der Waals surface area contributed by atoms with Crippen LogP contribution in [-0.4, -0.2) is 62.5 Å². The molecule has 2 heterocycles. The number of para-hydroxylation sites is 1. The van der Waals surface area contributed by atoms with Crippen molar-refractivity contribution in [1.82, 2.24) is 0 Å². The van der Waals surface area contributed by atoms with Crippen molar-refractivity contribution in [2.24, 2.45) is 5.92 Å². The molecule has 3 aromatic carbocycles. The Labute approximate surface area is 225 Å². The largest absolute Gasteiger partial charge is 0.394 e. The summed E-state index contributed by atoms with van der Waals surface area (Å²) >= 11 is 0. The molecule has 0 radical (unpaired) electrons. The number of hydrogen-bond acceptors (Lipinski definition) is 7. The van der Waals surface area contributed by atoms with Crippen molar-refractivity contribution in [1.29, 1.82) is 0 Å². The molecule has 0 aromatic heterocycles. The summed E-state index contributed by atoms with van der Waals surface area (Å²) in [6.45, 7) is -0.513. The Bertz CT molecular complexity index is 1250. The lowest BCUT2D eigenvalue weighted by Crippen LogP contribution is -2.55. The Hall–Kier alpha value is -3.18. The standard InChI is InChI=1S/C30H32FNO7/c31-20-12-10-17(11-13-20)23(34)15-14-22-25(32(30(22)38)21-4-2-1-3-5-21)18-6-8-19(9-7-18)29-28(37)27(36)26(35)24(16-33)39-29/h1-13,22-29,33-37H,14-16H2/t22-,23+,24-,25-,26-,27+,28-,29+/m1/s1. The third-order valence-electron chi connectivity index (χ3n) is 7.75. The van der Waals surface area contributed by atoms with Gasteiger partial charge in [0.25, 0.3) is 0 Å². The first-order valence-electron chi connectivity index (χ1n) is 13.0. The van der Waals surface area contributed by atoms with Crippen LogP contribution in [0.2, 0.25) is 0 Å². The lowest BCUT2D eigenvalue weighted by molar-refractivity contribution is -0.231. The summed E-state index contributed by atoms with van der Waals surface area (Å²) in [7, 11) is 0. The quantitative estimate of drug-likeness (QED) is 0.279. The van der Waals surface area contributed by atoms with Gasteiger partial charge in [-0.05, 0) is 53.8 Å². The number of β-lactam (4-membered cyclic amide) rings is 1. The van der Waals surface area contributed by atoms with E-state index in [1.165, 1.54) is 24.3 Å². The van der Waals surface area contributed by atoms with Crippen LogP contribution in [0.3, 0.4) is 0 Å². The SMILES string of the molecule is O=C1[C@H](CC[C@H](O)c2ccc(F)cc2)[C@@H](c2ccc([C@@H]3O[C@H](CO)[C@@H](O)[C@H](O)[C@H]3O)cc2)N1c1ccccc1. The average Bonchev–Trinajstić information content (AvgIpc) is 2.96. The van der Waals surface area contributed by atoms with Gasteiger partial charge in [-0.3, -0.25) is 4.79 Å². The number of hydrogen-bond donors (Lipinski definition) is 5. The molecule has 2 saturated heterocycles.